The summed E-state index contributed by atoms with van der Waals surface area (Å²) in [5.74, 6) is 1.24. The fourth-order valence-electron chi connectivity index (χ4n) is 3.26. The molecular weight excluding hydrogens is 222 g/mol. The van der Waals surface area contributed by atoms with Gasteiger partial charge in [-0.2, -0.15) is 0 Å². The van der Waals surface area contributed by atoms with E-state index >= 15 is 0 Å². The highest BCUT2D eigenvalue weighted by molar-refractivity contribution is 5.34. The summed E-state index contributed by atoms with van der Waals surface area (Å²) in [6, 6.07) is 8.92. The predicted octanol–water partition coefficient (Wildman–Crippen LogP) is 3.38. The summed E-state index contributed by atoms with van der Waals surface area (Å²) in [6.07, 6.45) is 5.51. The lowest BCUT2D eigenvalue weighted by molar-refractivity contribution is 0.118. The molecule has 1 heterocycles. The van der Waals surface area contributed by atoms with Gasteiger partial charge in [0.25, 0.3) is 0 Å². The Morgan fingerprint density at radius 2 is 2.06 bits per heavy atom. The van der Waals surface area contributed by atoms with Crippen LogP contribution < -0.4 is 5.73 Å². The van der Waals surface area contributed by atoms with Crippen molar-refractivity contribution in [1.29, 1.82) is 0 Å². The maximum absolute atomic E-state index is 6.50. The SMILES string of the molecule is CC1CC(C(N)c2ccccc2C2CCC2)CO1. The van der Waals surface area contributed by atoms with Gasteiger partial charge in [0.15, 0.2) is 0 Å². The van der Waals surface area contributed by atoms with Crippen molar-refractivity contribution in [2.45, 2.75) is 50.7 Å². The number of ether oxygens (including phenoxy) is 1. The second-order valence-electron chi connectivity index (χ2n) is 5.92. The number of nitrogens with two attached hydrogens (primary N) is 1. The van der Waals surface area contributed by atoms with E-state index in [1.54, 1.807) is 0 Å². The van der Waals surface area contributed by atoms with Crippen LogP contribution in [0.2, 0.25) is 0 Å². The molecule has 0 spiro atoms. The Morgan fingerprint density at radius 1 is 1.28 bits per heavy atom. The molecule has 1 saturated heterocycles. The minimum Gasteiger partial charge on any atom is -0.378 e. The molecule has 98 valence electrons. The molecule has 3 unspecified atom stereocenters. The Kier molecular flexibility index (Phi) is 3.40. The van der Waals surface area contributed by atoms with Crippen LogP contribution in [0.1, 0.15) is 55.7 Å². The van der Waals surface area contributed by atoms with Crippen molar-refractivity contribution in [3.8, 4) is 0 Å². The van der Waals surface area contributed by atoms with Crippen molar-refractivity contribution in [2.75, 3.05) is 6.61 Å². The summed E-state index contributed by atoms with van der Waals surface area (Å²) in [6.45, 7) is 2.96. The third-order valence-electron chi connectivity index (χ3n) is 4.64. The molecule has 3 rings (SSSR count). The van der Waals surface area contributed by atoms with E-state index in [2.05, 4.69) is 31.2 Å². The first-order valence-electron chi connectivity index (χ1n) is 7.21. The molecule has 1 saturated carbocycles. The average molecular weight is 245 g/mol. The van der Waals surface area contributed by atoms with Gasteiger partial charge in [0.1, 0.15) is 0 Å². The largest absolute Gasteiger partial charge is 0.378 e. The summed E-state index contributed by atoms with van der Waals surface area (Å²) in [5.41, 5.74) is 9.36. The Labute approximate surface area is 110 Å². The lowest BCUT2D eigenvalue weighted by Gasteiger charge is -2.30. The van der Waals surface area contributed by atoms with Crippen LogP contribution >= 0.6 is 0 Å². The maximum atomic E-state index is 6.50. The van der Waals surface area contributed by atoms with E-state index in [4.69, 9.17) is 10.5 Å². The minimum absolute atomic E-state index is 0.145. The fraction of sp³-hybridized carbons (Fsp3) is 0.625. The molecule has 2 nitrogen and oxygen atoms in total. The van der Waals surface area contributed by atoms with Crippen LogP contribution in [-0.2, 0) is 4.74 Å². The number of hydrogen-bond acceptors (Lipinski definition) is 2. The Bertz CT molecular complexity index is 413. The third kappa shape index (κ3) is 2.19. The molecule has 2 aliphatic rings. The van der Waals surface area contributed by atoms with Crippen LogP contribution in [0.3, 0.4) is 0 Å². The summed E-state index contributed by atoms with van der Waals surface area (Å²) < 4.78 is 5.67. The van der Waals surface area contributed by atoms with E-state index < -0.39 is 0 Å². The maximum Gasteiger partial charge on any atom is 0.0551 e. The van der Waals surface area contributed by atoms with Gasteiger partial charge in [-0.15, -0.1) is 0 Å². The summed E-state index contributed by atoms with van der Waals surface area (Å²) >= 11 is 0. The van der Waals surface area contributed by atoms with E-state index in [1.807, 2.05) is 0 Å². The molecule has 3 atom stereocenters. The average Bonchev–Trinajstić information content (AvgIpc) is 2.74. The smallest absolute Gasteiger partial charge is 0.0551 e. The highest BCUT2D eigenvalue weighted by Gasteiger charge is 2.31. The summed E-state index contributed by atoms with van der Waals surface area (Å²) in [7, 11) is 0. The highest BCUT2D eigenvalue weighted by atomic mass is 16.5. The van der Waals surface area contributed by atoms with Crippen LogP contribution in [-0.4, -0.2) is 12.7 Å². The van der Waals surface area contributed by atoms with Crippen molar-refractivity contribution in [3.05, 3.63) is 35.4 Å². The molecule has 1 aromatic carbocycles. The van der Waals surface area contributed by atoms with Crippen LogP contribution in [0.4, 0.5) is 0 Å². The molecule has 18 heavy (non-hydrogen) atoms. The molecule has 2 fully saturated rings. The highest BCUT2D eigenvalue weighted by Crippen LogP contribution is 2.41. The number of hydrogen-bond donors (Lipinski definition) is 1. The van der Waals surface area contributed by atoms with Gasteiger partial charge in [0, 0.05) is 12.0 Å². The number of rotatable bonds is 3. The quantitative estimate of drug-likeness (QED) is 0.886. The van der Waals surface area contributed by atoms with E-state index in [1.165, 1.54) is 30.4 Å². The van der Waals surface area contributed by atoms with Crippen molar-refractivity contribution in [3.63, 3.8) is 0 Å². The van der Waals surface area contributed by atoms with E-state index in [9.17, 15) is 0 Å². The van der Waals surface area contributed by atoms with Gasteiger partial charge < -0.3 is 10.5 Å². The molecular formula is C16H23NO. The first-order chi connectivity index (χ1) is 8.75. The zero-order valence-electron chi connectivity index (χ0n) is 11.1. The van der Waals surface area contributed by atoms with Gasteiger partial charge in [-0.05, 0) is 43.2 Å². The predicted molar refractivity (Wildman–Crippen MR) is 73.5 cm³/mol. The zero-order chi connectivity index (χ0) is 12.5. The van der Waals surface area contributed by atoms with Crippen LogP contribution in [0.15, 0.2) is 24.3 Å². The second kappa shape index (κ2) is 5.02. The molecule has 0 aromatic heterocycles. The number of benzene rings is 1. The van der Waals surface area contributed by atoms with Crippen LogP contribution in [0, 0.1) is 5.92 Å². The topological polar surface area (TPSA) is 35.2 Å². The van der Waals surface area contributed by atoms with Crippen LogP contribution in [0.25, 0.3) is 0 Å². The van der Waals surface area contributed by atoms with Crippen molar-refractivity contribution in [1.82, 2.24) is 0 Å². The molecule has 1 aliphatic heterocycles. The standard InChI is InChI=1S/C16H23NO/c1-11-9-13(10-18-11)16(17)15-8-3-2-7-14(15)12-5-4-6-12/h2-3,7-8,11-13,16H,4-6,9-10,17H2,1H3. The van der Waals surface area contributed by atoms with Gasteiger partial charge in [-0.1, -0.05) is 30.7 Å². The normalized spacial score (nSPS) is 30.1. The van der Waals surface area contributed by atoms with E-state index in [-0.39, 0.29) is 6.04 Å². The van der Waals surface area contributed by atoms with Crippen molar-refractivity contribution in [2.24, 2.45) is 11.7 Å². The Hall–Kier alpha value is -0.860. The first-order valence-corrected chi connectivity index (χ1v) is 7.21. The molecule has 2 N–H and O–H groups in total. The minimum atomic E-state index is 0.145. The lowest BCUT2D eigenvalue weighted by Crippen LogP contribution is -2.24. The second-order valence-corrected chi connectivity index (χ2v) is 5.92. The fourth-order valence-corrected chi connectivity index (χ4v) is 3.26. The van der Waals surface area contributed by atoms with Gasteiger partial charge in [-0.3, -0.25) is 0 Å². The molecule has 2 heteroatoms. The Balaban J connectivity index is 1.82. The summed E-state index contributed by atoms with van der Waals surface area (Å²) in [4.78, 5) is 0. The Morgan fingerprint density at radius 3 is 2.67 bits per heavy atom. The lowest BCUT2D eigenvalue weighted by atomic mass is 9.76. The van der Waals surface area contributed by atoms with E-state index in [0.29, 0.717) is 12.0 Å². The van der Waals surface area contributed by atoms with Gasteiger partial charge in [0.2, 0.25) is 0 Å². The van der Waals surface area contributed by atoms with Gasteiger partial charge in [0.05, 0.1) is 12.7 Å². The van der Waals surface area contributed by atoms with Gasteiger partial charge >= 0.3 is 0 Å². The monoisotopic (exact) mass is 245 g/mol. The molecule has 1 aliphatic carbocycles. The third-order valence-corrected chi connectivity index (χ3v) is 4.64. The molecule has 0 amide bonds. The van der Waals surface area contributed by atoms with E-state index in [0.717, 1.165) is 18.9 Å². The first kappa shape index (κ1) is 12.2. The van der Waals surface area contributed by atoms with Crippen molar-refractivity contribution < 1.29 is 4.74 Å². The zero-order valence-corrected chi connectivity index (χ0v) is 11.1. The molecule has 0 radical (unpaired) electrons. The van der Waals surface area contributed by atoms with Crippen LogP contribution in [0.5, 0.6) is 0 Å². The van der Waals surface area contributed by atoms with Crippen molar-refractivity contribution >= 4 is 0 Å². The van der Waals surface area contributed by atoms with Gasteiger partial charge in [-0.25, -0.2) is 0 Å². The molecule has 1 aromatic rings. The molecule has 0 bridgehead atoms. The summed E-state index contributed by atoms with van der Waals surface area (Å²) in [5, 5.41) is 0.